The van der Waals surface area contributed by atoms with Gasteiger partial charge in [-0.15, -0.1) is 0 Å². The Hall–Kier alpha value is -1.56. The molecule has 1 aromatic rings. The van der Waals surface area contributed by atoms with Gasteiger partial charge in [0.2, 0.25) is 10.0 Å². The van der Waals surface area contributed by atoms with Crippen molar-refractivity contribution in [3.8, 4) is 0 Å². The van der Waals surface area contributed by atoms with E-state index in [1.165, 1.54) is 10.6 Å². The minimum absolute atomic E-state index is 0.120. The predicted octanol–water partition coefficient (Wildman–Crippen LogP) is 0.901. The summed E-state index contributed by atoms with van der Waals surface area (Å²) in [7, 11) is -3.27. The van der Waals surface area contributed by atoms with Gasteiger partial charge in [-0.05, 0) is 37.0 Å². The first kappa shape index (κ1) is 12.5. The van der Waals surface area contributed by atoms with Crippen molar-refractivity contribution < 1.29 is 13.2 Å². The number of hydrogen-bond acceptors (Lipinski definition) is 3. The van der Waals surface area contributed by atoms with E-state index in [0.29, 0.717) is 30.3 Å². The summed E-state index contributed by atoms with van der Waals surface area (Å²) < 4.78 is 24.8. The minimum Gasteiger partial charge on any atom is -0.349 e. The number of nitrogens with one attached hydrogen (secondary N) is 1. The summed E-state index contributed by atoms with van der Waals surface area (Å²) >= 11 is 0. The molecule has 1 aliphatic heterocycles. The largest absolute Gasteiger partial charge is 0.349 e. The van der Waals surface area contributed by atoms with Gasteiger partial charge >= 0.3 is 0 Å². The van der Waals surface area contributed by atoms with Crippen LogP contribution in [0.1, 0.15) is 28.8 Å². The van der Waals surface area contributed by atoms with Crippen molar-refractivity contribution in [2.45, 2.75) is 25.3 Å². The van der Waals surface area contributed by atoms with Crippen molar-refractivity contribution in [1.29, 1.82) is 0 Å². The summed E-state index contributed by atoms with van der Waals surface area (Å²) in [6.45, 7) is 0.460. The van der Waals surface area contributed by atoms with E-state index >= 15 is 0 Å². The second-order valence-electron chi connectivity index (χ2n) is 5.18. The smallest absolute Gasteiger partial charge is 0.251 e. The van der Waals surface area contributed by atoms with Crippen molar-refractivity contribution in [3.05, 3.63) is 29.3 Å². The van der Waals surface area contributed by atoms with E-state index in [0.717, 1.165) is 18.4 Å². The maximum atomic E-state index is 12.0. The number of sulfonamides is 1. The van der Waals surface area contributed by atoms with Crippen molar-refractivity contribution in [3.63, 3.8) is 0 Å². The molecule has 1 aromatic carbocycles. The molecule has 1 fully saturated rings. The number of anilines is 1. The highest BCUT2D eigenvalue weighted by Gasteiger charge is 2.28. The van der Waals surface area contributed by atoms with E-state index < -0.39 is 10.0 Å². The van der Waals surface area contributed by atoms with Gasteiger partial charge in [-0.25, -0.2) is 8.42 Å². The minimum atomic E-state index is -3.27. The lowest BCUT2D eigenvalue weighted by Crippen LogP contribution is -2.28. The Labute approximate surface area is 112 Å². The zero-order valence-corrected chi connectivity index (χ0v) is 11.5. The van der Waals surface area contributed by atoms with Crippen LogP contribution in [0.5, 0.6) is 0 Å². The summed E-state index contributed by atoms with van der Waals surface area (Å²) in [5, 5.41) is 2.91. The number of fused-ring (bicyclic) bond motifs is 1. The second-order valence-corrected chi connectivity index (χ2v) is 7.08. The van der Waals surface area contributed by atoms with E-state index in [2.05, 4.69) is 5.32 Å². The first-order valence-electron chi connectivity index (χ1n) is 6.36. The molecule has 1 saturated carbocycles. The normalized spacial score (nSPS) is 18.3. The third-order valence-corrected chi connectivity index (χ3v) is 4.69. The van der Waals surface area contributed by atoms with E-state index in [9.17, 15) is 13.2 Å². The van der Waals surface area contributed by atoms with Gasteiger partial charge in [0.15, 0.2) is 0 Å². The molecule has 2 aliphatic rings. The molecule has 0 unspecified atom stereocenters. The van der Waals surface area contributed by atoms with E-state index in [1.54, 1.807) is 12.1 Å². The molecule has 0 radical (unpaired) electrons. The highest BCUT2D eigenvalue weighted by atomic mass is 32.2. The van der Waals surface area contributed by atoms with Crippen LogP contribution in [0.15, 0.2) is 18.2 Å². The van der Waals surface area contributed by atoms with Crippen LogP contribution in [0.25, 0.3) is 0 Å². The Morgan fingerprint density at radius 3 is 2.74 bits per heavy atom. The first-order chi connectivity index (χ1) is 8.95. The number of carbonyl (C=O) groups is 1. The fourth-order valence-electron chi connectivity index (χ4n) is 2.33. The van der Waals surface area contributed by atoms with Crippen LogP contribution in [0.2, 0.25) is 0 Å². The molecule has 3 rings (SSSR count). The Bertz CT molecular complexity index is 635. The summed E-state index contributed by atoms with van der Waals surface area (Å²) in [5.41, 5.74) is 2.15. The van der Waals surface area contributed by atoms with Crippen molar-refractivity contribution >= 4 is 21.6 Å². The Balaban J connectivity index is 1.91. The van der Waals surface area contributed by atoms with Crippen LogP contribution in [0.3, 0.4) is 0 Å². The second kappa shape index (κ2) is 4.23. The maximum absolute atomic E-state index is 12.0. The van der Waals surface area contributed by atoms with Crippen LogP contribution < -0.4 is 9.62 Å². The Morgan fingerprint density at radius 1 is 1.37 bits per heavy atom. The zero-order valence-electron chi connectivity index (χ0n) is 10.7. The molecule has 5 nitrogen and oxygen atoms in total. The number of carbonyl (C=O) groups excluding carboxylic acids is 1. The topological polar surface area (TPSA) is 66.5 Å². The molecule has 0 aromatic heterocycles. The highest BCUT2D eigenvalue weighted by Crippen LogP contribution is 2.31. The maximum Gasteiger partial charge on any atom is 0.251 e. The average Bonchev–Trinajstić information content (AvgIpc) is 3.04. The number of amides is 1. The van der Waals surface area contributed by atoms with Gasteiger partial charge in [-0.2, -0.15) is 0 Å². The third-order valence-electron chi connectivity index (χ3n) is 3.51. The number of rotatable bonds is 3. The lowest BCUT2D eigenvalue weighted by molar-refractivity contribution is 0.0951. The number of benzene rings is 1. The van der Waals surface area contributed by atoms with Crippen LogP contribution in [-0.4, -0.2) is 33.2 Å². The Kier molecular flexibility index (Phi) is 2.78. The molecule has 19 heavy (non-hydrogen) atoms. The molecular weight excluding hydrogens is 264 g/mol. The molecule has 0 atom stereocenters. The Morgan fingerprint density at radius 2 is 2.11 bits per heavy atom. The lowest BCUT2D eigenvalue weighted by Gasteiger charge is -2.17. The van der Waals surface area contributed by atoms with E-state index in [4.69, 9.17) is 0 Å². The zero-order chi connectivity index (χ0) is 13.6. The molecule has 6 heteroatoms. The van der Waals surface area contributed by atoms with E-state index in [-0.39, 0.29) is 5.91 Å². The molecule has 1 amide bonds. The van der Waals surface area contributed by atoms with Gasteiger partial charge in [0, 0.05) is 18.2 Å². The SMILES string of the molecule is CS(=O)(=O)N1CCc2ccc(C(=O)NC3CC3)cc21. The monoisotopic (exact) mass is 280 g/mol. The van der Waals surface area contributed by atoms with Crippen LogP contribution >= 0.6 is 0 Å². The molecule has 1 N–H and O–H groups in total. The van der Waals surface area contributed by atoms with E-state index in [1.807, 2.05) is 6.07 Å². The van der Waals surface area contributed by atoms with Crippen LogP contribution in [-0.2, 0) is 16.4 Å². The van der Waals surface area contributed by atoms with Gasteiger partial charge in [0.1, 0.15) is 0 Å². The van der Waals surface area contributed by atoms with Gasteiger partial charge in [0.05, 0.1) is 11.9 Å². The lowest BCUT2D eigenvalue weighted by atomic mass is 10.1. The van der Waals surface area contributed by atoms with Crippen molar-refractivity contribution in [1.82, 2.24) is 5.32 Å². The molecule has 0 spiro atoms. The summed E-state index contributed by atoms with van der Waals surface area (Å²) in [6, 6.07) is 5.60. The first-order valence-corrected chi connectivity index (χ1v) is 8.21. The van der Waals surface area contributed by atoms with Gasteiger partial charge in [-0.3, -0.25) is 9.10 Å². The standard InChI is InChI=1S/C13H16N2O3S/c1-19(17,18)15-7-6-9-2-3-10(8-12(9)15)13(16)14-11-4-5-11/h2-3,8,11H,4-7H2,1H3,(H,14,16). The molecule has 0 saturated heterocycles. The van der Waals surface area contributed by atoms with Crippen molar-refractivity contribution in [2.75, 3.05) is 17.1 Å². The highest BCUT2D eigenvalue weighted by molar-refractivity contribution is 7.92. The van der Waals surface area contributed by atoms with Crippen LogP contribution in [0, 0.1) is 0 Å². The average molecular weight is 280 g/mol. The number of nitrogens with zero attached hydrogens (tertiary/aromatic N) is 1. The third kappa shape index (κ3) is 2.45. The summed E-state index contributed by atoms with van der Waals surface area (Å²) in [5.74, 6) is -0.120. The van der Waals surface area contributed by atoms with Gasteiger partial charge < -0.3 is 5.32 Å². The quantitative estimate of drug-likeness (QED) is 0.894. The number of hydrogen-bond donors (Lipinski definition) is 1. The molecule has 0 bridgehead atoms. The van der Waals surface area contributed by atoms with Gasteiger partial charge in [0.25, 0.3) is 5.91 Å². The molecule has 102 valence electrons. The summed E-state index contributed by atoms with van der Waals surface area (Å²) in [6.07, 6.45) is 3.96. The van der Waals surface area contributed by atoms with Crippen LogP contribution in [0.4, 0.5) is 5.69 Å². The molecular formula is C13H16N2O3S. The fraction of sp³-hybridized carbons (Fsp3) is 0.462. The fourth-order valence-corrected chi connectivity index (χ4v) is 3.28. The summed E-state index contributed by atoms with van der Waals surface area (Å²) in [4.78, 5) is 12.0. The molecule has 1 aliphatic carbocycles. The van der Waals surface area contributed by atoms with Crippen molar-refractivity contribution in [2.24, 2.45) is 0 Å². The van der Waals surface area contributed by atoms with Gasteiger partial charge in [-0.1, -0.05) is 6.07 Å². The molecule has 1 heterocycles. The predicted molar refractivity (Wildman–Crippen MR) is 72.8 cm³/mol.